The second kappa shape index (κ2) is 9.87. The van der Waals surface area contributed by atoms with Gasteiger partial charge in [-0.3, -0.25) is 0 Å². The molecule has 3 aromatic carbocycles. The number of halogens is 9. The molecule has 0 saturated heterocycles. The molecule has 0 spiro atoms. The van der Waals surface area contributed by atoms with Gasteiger partial charge in [0, 0.05) is 15.5 Å². The monoisotopic (exact) mass is 576 g/mol. The van der Waals surface area contributed by atoms with Crippen LogP contribution in [0.4, 0.5) is 39.5 Å². The lowest BCUT2D eigenvalue weighted by Crippen LogP contribution is -2.63. The van der Waals surface area contributed by atoms with Crippen LogP contribution in [0.3, 0.4) is 0 Å². The van der Waals surface area contributed by atoms with Gasteiger partial charge in [0.05, 0.1) is 0 Å². The van der Waals surface area contributed by atoms with Crippen LogP contribution in [0.5, 0.6) is 0 Å². The van der Waals surface area contributed by atoms with Gasteiger partial charge in [-0.05, 0) is 29.8 Å². The van der Waals surface area contributed by atoms with Crippen LogP contribution in [0, 0.1) is 0 Å². The minimum Gasteiger partial charge on any atom is -0.206 e. The smallest absolute Gasteiger partial charge is 0.206 e. The molecular weight excluding hydrogens is 559 g/mol. The number of hydrogen-bond donors (Lipinski definition) is 0. The molecule has 0 radical (unpaired) electrons. The highest BCUT2D eigenvalue weighted by atomic mass is 32.3. The molecule has 0 unspecified atom stereocenters. The zero-order valence-electron chi connectivity index (χ0n) is 18.3. The van der Waals surface area contributed by atoms with Crippen molar-refractivity contribution in [2.75, 3.05) is 0 Å². The standard InChI is InChI=1S/C23H17F9O3S2/c24-20(25,22(28,29)30)21(26,27)23(31,32)37(33,34)35-36(18-12-6-2-7-13-18,19-14-8-3-9-15-19)16-17-10-4-1-5-11-17/h1-15H,16H2. The van der Waals surface area contributed by atoms with Crippen LogP contribution in [0.25, 0.3) is 0 Å². The maximum Gasteiger partial charge on any atom is 0.460 e. The average molecular weight is 577 g/mol. The topological polar surface area (TPSA) is 43.4 Å². The molecule has 0 aliphatic heterocycles. The largest absolute Gasteiger partial charge is 0.460 e. The van der Waals surface area contributed by atoms with Gasteiger partial charge in [-0.2, -0.15) is 47.9 Å². The number of hydrogen-bond acceptors (Lipinski definition) is 3. The van der Waals surface area contributed by atoms with Crippen molar-refractivity contribution in [1.29, 1.82) is 0 Å². The SMILES string of the molecule is O=S(=O)(OS(Cc1ccccc1)(c1ccccc1)c1ccccc1)C(F)(F)C(F)(F)C(F)(F)C(F)(F)F. The number of rotatable bonds is 9. The van der Waals surface area contributed by atoms with E-state index in [9.17, 15) is 47.9 Å². The van der Waals surface area contributed by atoms with Crippen molar-refractivity contribution in [2.24, 2.45) is 0 Å². The molecule has 14 heteroatoms. The summed E-state index contributed by atoms with van der Waals surface area (Å²) >= 11 is 0. The fraction of sp³-hybridized carbons (Fsp3) is 0.217. The maximum atomic E-state index is 14.7. The molecule has 0 aliphatic carbocycles. The van der Waals surface area contributed by atoms with Crippen molar-refractivity contribution in [3.63, 3.8) is 0 Å². The molecule has 37 heavy (non-hydrogen) atoms. The molecule has 0 amide bonds. The van der Waals surface area contributed by atoms with Crippen LogP contribution in [0.15, 0.2) is 101 Å². The van der Waals surface area contributed by atoms with Crippen molar-refractivity contribution in [1.82, 2.24) is 0 Å². The normalized spacial score (nSPS) is 14.4. The molecule has 202 valence electrons. The molecule has 0 N–H and O–H groups in total. The van der Waals surface area contributed by atoms with Crippen molar-refractivity contribution < 1.29 is 51.6 Å². The zero-order valence-corrected chi connectivity index (χ0v) is 19.9. The van der Waals surface area contributed by atoms with Gasteiger partial charge in [0.25, 0.3) is 0 Å². The molecule has 0 saturated carbocycles. The Hall–Kier alpha value is -2.71. The van der Waals surface area contributed by atoms with E-state index >= 15 is 0 Å². The first-order valence-corrected chi connectivity index (χ1v) is 13.2. The summed E-state index contributed by atoms with van der Waals surface area (Å²) in [6.45, 7) is 0. The van der Waals surface area contributed by atoms with Gasteiger partial charge >= 0.3 is 33.4 Å². The van der Waals surface area contributed by atoms with E-state index < -0.39 is 49.5 Å². The predicted octanol–water partition coefficient (Wildman–Crippen LogP) is 7.80. The van der Waals surface area contributed by atoms with E-state index in [1.807, 2.05) is 0 Å². The Morgan fingerprint density at radius 3 is 1.32 bits per heavy atom. The third-order valence-electron chi connectivity index (χ3n) is 5.10. The molecule has 0 atom stereocenters. The second-order valence-electron chi connectivity index (χ2n) is 7.62. The van der Waals surface area contributed by atoms with E-state index in [1.165, 1.54) is 84.9 Å². The number of alkyl halides is 9. The summed E-state index contributed by atoms with van der Waals surface area (Å²) in [5.74, 6) is -15.3. The Balaban J connectivity index is 2.27. The van der Waals surface area contributed by atoms with Gasteiger partial charge in [0.2, 0.25) is 0 Å². The first-order valence-electron chi connectivity index (χ1n) is 10.1. The van der Waals surface area contributed by atoms with Crippen molar-refractivity contribution in [2.45, 2.75) is 38.8 Å². The Morgan fingerprint density at radius 2 is 0.946 bits per heavy atom. The van der Waals surface area contributed by atoms with Crippen molar-refractivity contribution in [3.05, 3.63) is 96.6 Å². The number of benzene rings is 3. The fourth-order valence-electron chi connectivity index (χ4n) is 3.21. The van der Waals surface area contributed by atoms with Gasteiger partial charge in [-0.25, -0.2) is 3.63 Å². The quantitative estimate of drug-likeness (QED) is 0.244. The Morgan fingerprint density at radius 1 is 0.568 bits per heavy atom. The third kappa shape index (κ3) is 5.06. The molecule has 0 bridgehead atoms. The molecule has 0 fully saturated rings. The van der Waals surface area contributed by atoms with Crippen LogP contribution in [0.1, 0.15) is 5.56 Å². The lowest BCUT2D eigenvalue weighted by molar-refractivity contribution is -0.382. The minimum atomic E-state index is -7.41. The summed E-state index contributed by atoms with van der Waals surface area (Å²) in [4.78, 5) is -0.203. The first kappa shape index (κ1) is 28.9. The van der Waals surface area contributed by atoms with E-state index in [2.05, 4.69) is 0 Å². The second-order valence-corrected chi connectivity index (χ2v) is 12.2. The Kier molecular flexibility index (Phi) is 7.70. The van der Waals surface area contributed by atoms with E-state index in [4.69, 9.17) is 3.63 Å². The van der Waals surface area contributed by atoms with Crippen molar-refractivity contribution >= 4 is 20.4 Å². The van der Waals surface area contributed by atoms with Crippen LogP contribution in [0.2, 0.25) is 0 Å². The molecule has 3 nitrogen and oxygen atoms in total. The highest BCUT2D eigenvalue weighted by molar-refractivity contribution is 8.32. The third-order valence-corrected chi connectivity index (χ3v) is 10.4. The van der Waals surface area contributed by atoms with E-state index in [-0.39, 0.29) is 15.4 Å². The van der Waals surface area contributed by atoms with E-state index in [1.54, 1.807) is 6.07 Å². The van der Waals surface area contributed by atoms with Crippen LogP contribution >= 0.6 is 10.3 Å². The van der Waals surface area contributed by atoms with Crippen LogP contribution in [-0.2, 0) is 19.5 Å². The minimum absolute atomic E-state index is 0.102. The van der Waals surface area contributed by atoms with Gasteiger partial charge in [0.1, 0.15) is 0 Å². The van der Waals surface area contributed by atoms with Gasteiger partial charge in [-0.15, -0.1) is 0 Å². The van der Waals surface area contributed by atoms with Crippen LogP contribution in [-0.4, -0.2) is 31.7 Å². The molecule has 0 aromatic heterocycles. The maximum absolute atomic E-state index is 14.7. The first-order chi connectivity index (χ1) is 17.0. The fourth-order valence-corrected chi connectivity index (χ4v) is 8.50. The van der Waals surface area contributed by atoms with Gasteiger partial charge in [-0.1, -0.05) is 77.0 Å². The molecule has 3 aromatic rings. The Bertz CT molecular complexity index is 1260. The lowest BCUT2D eigenvalue weighted by atomic mass is 10.1. The average Bonchev–Trinajstić information content (AvgIpc) is 2.84. The highest BCUT2D eigenvalue weighted by Gasteiger charge is 2.86. The molecular formula is C23H17F9O3S2. The lowest BCUT2D eigenvalue weighted by Gasteiger charge is -2.41. The van der Waals surface area contributed by atoms with E-state index in [0.29, 0.717) is 0 Å². The summed E-state index contributed by atoms with van der Waals surface area (Å²) in [6.07, 6.45) is -7.19. The summed E-state index contributed by atoms with van der Waals surface area (Å²) in [5, 5.41) is -6.99. The van der Waals surface area contributed by atoms with E-state index in [0.717, 1.165) is 0 Å². The van der Waals surface area contributed by atoms with Gasteiger partial charge < -0.3 is 0 Å². The molecule has 0 aliphatic rings. The predicted molar refractivity (Wildman–Crippen MR) is 118 cm³/mol. The van der Waals surface area contributed by atoms with Crippen molar-refractivity contribution in [3.8, 4) is 0 Å². The Labute approximate surface area is 207 Å². The zero-order chi connectivity index (χ0) is 27.8. The summed E-state index contributed by atoms with van der Waals surface area (Å²) in [5.41, 5.74) is 0.274. The molecule has 3 rings (SSSR count). The summed E-state index contributed by atoms with van der Waals surface area (Å²) in [6, 6.07) is 20.7. The highest BCUT2D eigenvalue weighted by Crippen LogP contribution is 2.68. The van der Waals surface area contributed by atoms with Crippen LogP contribution < -0.4 is 0 Å². The van der Waals surface area contributed by atoms with Gasteiger partial charge in [0.15, 0.2) is 0 Å². The molecule has 0 heterocycles. The summed E-state index contributed by atoms with van der Waals surface area (Å²) in [7, 11) is -11.0. The summed E-state index contributed by atoms with van der Waals surface area (Å²) < 4.78 is 153.